The van der Waals surface area contributed by atoms with Gasteiger partial charge in [0.25, 0.3) is 0 Å². The normalized spacial score (nSPS) is 17.8. The van der Waals surface area contributed by atoms with Gasteiger partial charge in [-0.15, -0.1) is 0 Å². The Morgan fingerprint density at radius 3 is 2.21 bits per heavy atom. The van der Waals surface area contributed by atoms with Crippen molar-refractivity contribution in [1.82, 2.24) is 0 Å². The van der Waals surface area contributed by atoms with E-state index >= 15 is 0 Å². The van der Waals surface area contributed by atoms with Crippen LogP contribution in [0, 0.1) is 5.92 Å². The van der Waals surface area contributed by atoms with Crippen molar-refractivity contribution in [3.63, 3.8) is 0 Å². The summed E-state index contributed by atoms with van der Waals surface area (Å²) in [5, 5.41) is 0. The average molecular weight is 199 g/mol. The van der Waals surface area contributed by atoms with Crippen LogP contribution in [0.5, 0.6) is 0 Å². The van der Waals surface area contributed by atoms with E-state index in [1.807, 2.05) is 0 Å². The van der Waals surface area contributed by atoms with Crippen molar-refractivity contribution in [2.24, 2.45) is 11.7 Å². The topological polar surface area (TPSA) is 26.0 Å². The van der Waals surface area contributed by atoms with Crippen LogP contribution in [0.15, 0.2) is 0 Å². The van der Waals surface area contributed by atoms with Crippen molar-refractivity contribution in [3.8, 4) is 0 Å². The molecule has 0 saturated heterocycles. The van der Waals surface area contributed by atoms with Gasteiger partial charge in [0.1, 0.15) is 0 Å². The Labute approximate surface area is 90.5 Å². The van der Waals surface area contributed by atoms with Gasteiger partial charge in [-0.3, -0.25) is 0 Å². The van der Waals surface area contributed by atoms with Gasteiger partial charge in [-0.25, -0.2) is 0 Å². The summed E-state index contributed by atoms with van der Waals surface area (Å²) in [4.78, 5) is 0. The molecule has 0 amide bonds. The Bertz CT molecular complexity index is 129. The lowest BCUT2D eigenvalue weighted by molar-refractivity contribution is 0.295. The molecule has 0 heterocycles. The fourth-order valence-electron chi connectivity index (χ4n) is 2.28. The molecular formula is C13H29N. The number of unbranched alkanes of at least 4 members (excludes halogenated alkanes) is 1. The first-order chi connectivity index (χ1) is 6.55. The fourth-order valence-corrected chi connectivity index (χ4v) is 2.28. The van der Waals surface area contributed by atoms with Crippen LogP contribution >= 0.6 is 0 Å². The molecule has 0 aromatic carbocycles. The summed E-state index contributed by atoms with van der Waals surface area (Å²) in [5.74, 6) is 0.844. The minimum Gasteiger partial charge on any atom is -0.325 e. The van der Waals surface area contributed by atoms with Crippen LogP contribution in [0.25, 0.3) is 0 Å². The van der Waals surface area contributed by atoms with E-state index in [1.54, 1.807) is 0 Å². The van der Waals surface area contributed by atoms with Gasteiger partial charge in [0, 0.05) is 5.54 Å². The molecule has 0 aromatic rings. The molecule has 86 valence electrons. The Balaban J connectivity index is 3.89. The third kappa shape index (κ3) is 6.42. The predicted octanol–water partition coefficient (Wildman–Crippen LogP) is 4.11. The zero-order valence-electron chi connectivity index (χ0n) is 10.6. The van der Waals surface area contributed by atoms with Crippen LogP contribution in [0.3, 0.4) is 0 Å². The molecule has 0 radical (unpaired) electrons. The number of rotatable bonds is 8. The Morgan fingerprint density at radius 1 is 1.14 bits per heavy atom. The van der Waals surface area contributed by atoms with Crippen molar-refractivity contribution in [2.75, 3.05) is 0 Å². The lowest BCUT2D eigenvalue weighted by atomic mass is 9.83. The minimum atomic E-state index is 0.0726. The molecule has 0 bridgehead atoms. The number of nitrogens with two attached hydrogens (primary N) is 1. The van der Waals surface area contributed by atoms with E-state index in [0.717, 1.165) is 12.3 Å². The summed E-state index contributed by atoms with van der Waals surface area (Å²) in [7, 11) is 0. The van der Waals surface area contributed by atoms with Crippen LogP contribution < -0.4 is 5.73 Å². The molecule has 0 saturated carbocycles. The van der Waals surface area contributed by atoms with E-state index in [0.29, 0.717) is 0 Å². The third-order valence-corrected chi connectivity index (χ3v) is 3.12. The van der Waals surface area contributed by atoms with Crippen molar-refractivity contribution < 1.29 is 0 Å². The summed E-state index contributed by atoms with van der Waals surface area (Å²) in [6.07, 6.45) is 8.90. The fraction of sp³-hybridized carbons (Fsp3) is 1.00. The van der Waals surface area contributed by atoms with Gasteiger partial charge in [0.2, 0.25) is 0 Å². The highest BCUT2D eigenvalue weighted by Gasteiger charge is 2.21. The summed E-state index contributed by atoms with van der Waals surface area (Å²) in [6, 6.07) is 0. The Morgan fingerprint density at radius 2 is 1.79 bits per heavy atom. The van der Waals surface area contributed by atoms with Gasteiger partial charge in [-0.1, -0.05) is 52.9 Å². The molecular weight excluding hydrogens is 170 g/mol. The van der Waals surface area contributed by atoms with E-state index < -0.39 is 0 Å². The maximum absolute atomic E-state index is 6.28. The summed E-state index contributed by atoms with van der Waals surface area (Å²) in [6.45, 7) is 8.99. The molecule has 0 spiro atoms. The molecule has 2 unspecified atom stereocenters. The quantitative estimate of drug-likeness (QED) is 0.625. The SMILES string of the molecule is CCCCC(CC)CC(C)(N)CCC. The van der Waals surface area contributed by atoms with Gasteiger partial charge >= 0.3 is 0 Å². The van der Waals surface area contributed by atoms with Crippen LogP contribution in [-0.2, 0) is 0 Å². The lowest BCUT2D eigenvalue weighted by Crippen LogP contribution is -2.38. The van der Waals surface area contributed by atoms with Crippen LogP contribution in [0.1, 0.15) is 72.6 Å². The molecule has 0 aliphatic heterocycles. The number of hydrogen-bond acceptors (Lipinski definition) is 1. The smallest absolute Gasteiger partial charge is 0.0128 e. The van der Waals surface area contributed by atoms with Crippen molar-refractivity contribution in [3.05, 3.63) is 0 Å². The molecule has 0 fully saturated rings. The molecule has 0 aromatic heterocycles. The molecule has 1 nitrogen and oxygen atoms in total. The Kier molecular flexibility index (Phi) is 7.26. The molecule has 2 atom stereocenters. The molecule has 0 aliphatic carbocycles. The van der Waals surface area contributed by atoms with E-state index in [2.05, 4.69) is 27.7 Å². The van der Waals surface area contributed by atoms with Crippen LogP contribution in [0.2, 0.25) is 0 Å². The van der Waals surface area contributed by atoms with Crippen molar-refractivity contribution >= 4 is 0 Å². The second-order valence-corrected chi connectivity index (χ2v) is 5.02. The second kappa shape index (κ2) is 7.28. The van der Waals surface area contributed by atoms with E-state index in [-0.39, 0.29) is 5.54 Å². The second-order valence-electron chi connectivity index (χ2n) is 5.02. The summed E-state index contributed by atoms with van der Waals surface area (Å²) in [5.41, 5.74) is 6.35. The number of hydrogen-bond donors (Lipinski definition) is 1. The van der Waals surface area contributed by atoms with E-state index in [9.17, 15) is 0 Å². The van der Waals surface area contributed by atoms with Gasteiger partial charge in [0.05, 0.1) is 0 Å². The van der Waals surface area contributed by atoms with Gasteiger partial charge < -0.3 is 5.73 Å². The predicted molar refractivity (Wildman–Crippen MR) is 65.4 cm³/mol. The zero-order chi connectivity index (χ0) is 11.0. The van der Waals surface area contributed by atoms with Gasteiger partial charge in [-0.2, -0.15) is 0 Å². The van der Waals surface area contributed by atoms with Crippen molar-refractivity contribution in [2.45, 2.75) is 78.2 Å². The standard InChI is InChI=1S/C13H29N/c1-5-8-9-12(7-3)11-13(4,14)10-6-2/h12H,5-11,14H2,1-4H3. The third-order valence-electron chi connectivity index (χ3n) is 3.12. The maximum Gasteiger partial charge on any atom is 0.0128 e. The summed E-state index contributed by atoms with van der Waals surface area (Å²) < 4.78 is 0. The largest absolute Gasteiger partial charge is 0.325 e. The molecule has 0 aliphatic rings. The molecule has 14 heavy (non-hydrogen) atoms. The van der Waals surface area contributed by atoms with Gasteiger partial charge in [-0.05, 0) is 25.7 Å². The first-order valence-electron chi connectivity index (χ1n) is 6.34. The highest BCUT2D eigenvalue weighted by Crippen LogP contribution is 2.25. The lowest BCUT2D eigenvalue weighted by Gasteiger charge is -2.29. The minimum absolute atomic E-state index is 0.0726. The highest BCUT2D eigenvalue weighted by atomic mass is 14.7. The Hall–Kier alpha value is -0.0400. The van der Waals surface area contributed by atoms with E-state index in [1.165, 1.54) is 38.5 Å². The van der Waals surface area contributed by atoms with E-state index in [4.69, 9.17) is 5.73 Å². The van der Waals surface area contributed by atoms with Crippen LogP contribution in [0.4, 0.5) is 0 Å². The first-order valence-corrected chi connectivity index (χ1v) is 6.34. The molecule has 1 heteroatoms. The van der Waals surface area contributed by atoms with Gasteiger partial charge in [0.15, 0.2) is 0 Å². The molecule has 0 rings (SSSR count). The average Bonchev–Trinajstić information content (AvgIpc) is 2.12. The monoisotopic (exact) mass is 199 g/mol. The maximum atomic E-state index is 6.28. The first kappa shape index (κ1) is 14.0. The van der Waals surface area contributed by atoms with Crippen molar-refractivity contribution in [1.29, 1.82) is 0 Å². The highest BCUT2D eigenvalue weighted by molar-refractivity contribution is 4.80. The summed E-state index contributed by atoms with van der Waals surface area (Å²) >= 11 is 0. The zero-order valence-corrected chi connectivity index (χ0v) is 10.6. The van der Waals surface area contributed by atoms with Crippen LogP contribution in [-0.4, -0.2) is 5.54 Å². The molecule has 2 N–H and O–H groups in total.